The van der Waals surface area contributed by atoms with Gasteiger partial charge in [0.15, 0.2) is 0 Å². The predicted molar refractivity (Wildman–Crippen MR) is 74.0 cm³/mol. The van der Waals surface area contributed by atoms with Crippen LogP contribution in [-0.2, 0) is 4.79 Å². The van der Waals surface area contributed by atoms with Gasteiger partial charge in [0.2, 0.25) is 5.91 Å². The number of anilines is 2. The van der Waals surface area contributed by atoms with Gasteiger partial charge in [-0.05, 0) is 26.0 Å². The molecule has 0 aliphatic heterocycles. The summed E-state index contributed by atoms with van der Waals surface area (Å²) in [6.07, 6.45) is 0. The van der Waals surface area contributed by atoms with Crippen molar-refractivity contribution in [2.75, 3.05) is 37.4 Å². The van der Waals surface area contributed by atoms with Crippen molar-refractivity contribution in [2.45, 2.75) is 13.8 Å². The molecule has 0 heterocycles. The molecule has 1 aromatic carbocycles. The topological polar surface area (TPSA) is 67.6 Å². The summed E-state index contributed by atoms with van der Waals surface area (Å²) in [5.41, 5.74) is 7.46. The number of hydrogen-bond acceptors (Lipinski definition) is 4. The molecule has 5 nitrogen and oxygen atoms in total. The van der Waals surface area contributed by atoms with E-state index >= 15 is 0 Å². The molecule has 0 spiro atoms. The first-order chi connectivity index (χ1) is 8.63. The summed E-state index contributed by atoms with van der Waals surface area (Å²) in [5.74, 6) is 0.614. The van der Waals surface area contributed by atoms with Crippen molar-refractivity contribution in [1.29, 1.82) is 0 Å². The van der Waals surface area contributed by atoms with Crippen LogP contribution >= 0.6 is 0 Å². The van der Waals surface area contributed by atoms with Gasteiger partial charge in [-0.3, -0.25) is 4.79 Å². The summed E-state index contributed by atoms with van der Waals surface area (Å²) in [7, 11) is 1.62. The molecule has 0 atom stereocenters. The zero-order chi connectivity index (χ0) is 13.5. The van der Waals surface area contributed by atoms with E-state index in [4.69, 9.17) is 10.5 Å². The highest BCUT2D eigenvalue weighted by Crippen LogP contribution is 2.32. The number of amides is 1. The number of likely N-dealkylation sites (N-methyl/N-ethyl adjacent to an activating group) is 2. The Bertz CT molecular complexity index is 407. The first-order valence-electron chi connectivity index (χ1n) is 6.10. The van der Waals surface area contributed by atoms with E-state index in [2.05, 4.69) is 5.32 Å². The number of benzene rings is 1. The van der Waals surface area contributed by atoms with E-state index in [9.17, 15) is 4.79 Å². The lowest BCUT2D eigenvalue weighted by molar-refractivity contribution is -0.119. The normalized spacial score (nSPS) is 9.94. The maximum atomic E-state index is 11.5. The minimum Gasteiger partial charge on any atom is -0.492 e. The summed E-state index contributed by atoms with van der Waals surface area (Å²) in [6.45, 7) is 5.44. The van der Waals surface area contributed by atoms with E-state index in [0.29, 0.717) is 24.6 Å². The van der Waals surface area contributed by atoms with Crippen LogP contribution in [0.5, 0.6) is 5.75 Å². The average Bonchev–Trinajstić information content (AvgIpc) is 2.38. The van der Waals surface area contributed by atoms with Crippen LogP contribution in [0.4, 0.5) is 11.4 Å². The summed E-state index contributed by atoms with van der Waals surface area (Å²) in [6, 6.07) is 5.60. The Kier molecular flexibility index (Phi) is 5.30. The van der Waals surface area contributed by atoms with Gasteiger partial charge in [-0.2, -0.15) is 0 Å². The SMILES string of the molecule is CCOc1cccc(N(CC)CC(=O)NC)c1N. The number of carbonyl (C=O) groups excluding carboxylic acids is 1. The Morgan fingerprint density at radius 2 is 2.17 bits per heavy atom. The van der Waals surface area contributed by atoms with Crippen LogP contribution in [0.25, 0.3) is 0 Å². The summed E-state index contributed by atoms with van der Waals surface area (Å²) < 4.78 is 5.45. The number of nitrogens with zero attached hydrogens (tertiary/aromatic N) is 1. The molecule has 1 aromatic rings. The van der Waals surface area contributed by atoms with Gasteiger partial charge in [-0.1, -0.05) is 6.07 Å². The van der Waals surface area contributed by atoms with Crippen molar-refractivity contribution in [3.63, 3.8) is 0 Å². The molecular formula is C13H21N3O2. The Balaban J connectivity index is 2.98. The van der Waals surface area contributed by atoms with Crippen molar-refractivity contribution < 1.29 is 9.53 Å². The van der Waals surface area contributed by atoms with Gasteiger partial charge in [0.25, 0.3) is 0 Å². The number of hydrogen-bond donors (Lipinski definition) is 2. The van der Waals surface area contributed by atoms with E-state index < -0.39 is 0 Å². The van der Waals surface area contributed by atoms with Gasteiger partial charge in [-0.15, -0.1) is 0 Å². The molecule has 0 saturated carbocycles. The third kappa shape index (κ3) is 3.29. The summed E-state index contributed by atoms with van der Waals surface area (Å²) >= 11 is 0. The van der Waals surface area contributed by atoms with Crippen molar-refractivity contribution >= 4 is 17.3 Å². The lowest BCUT2D eigenvalue weighted by Gasteiger charge is -2.24. The van der Waals surface area contributed by atoms with Gasteiger partial charge in [0.05, 0.1) is 24.5 Å². The lowest BCUT2D eigenvalue weighted by atomic mass is 10.2. The minimum atomic E-state index is -0.0435. The molecule has 0 saturated heterocycles. The van der Waals surface area contributed by atoms with Crippen LogP contribution < -0.4 is 20.7 Å². The number of ether oxygens (including phenoxy) is 1. The third-order valence-electron chi connectivity index (χ3n) is 2.68. The Morgan fingerprint density at radius 3 is 2.72 bits per heavy atom. The minimum absolute atomic E-state index is 0.0435. The number of carbonyl (C=O) groups is 1. The van der Waals surface area contributed by atoms with Crippen LogP contribution in [0, 0.1) is 0 Å². The van der Waals surface area contributed by atoms with Crippen molar-refractivity contribution in [1.82, 2.24) is 5.32 Å². The average molecular weight is 251 g/mol. The van der Waals surface area contributed by atoms with E-state index in [1.165, 1.54) is 0 Å². The van der Waals surface area contributed by atoms with Crippen molar-refractivity contribution in [3.05, 3.63) is 18.2 Å². The summed E-state index contributed by atoms with van der Waals surface area (Å²) in [4.78, 5) is 13.4. The Morgan fingerprint density at radius 1 is 1.44 bits per heavy atom. The molecule has 0 aliphatic rings. The number of nitrogens with one attached hydrogen (secondary N) is 1. The first kappa shape index (κ1) is 14.2. The monoisotopic (exact) mass is 251 g/mol. The third-order valence-corrected chi connectivity index (χ3v) is 2.68. The fraction of sp³-hybridized carbons (Fsp3) is 0.462. The lowest BCUT2D eigenvalue weighted by Crippen LogP contribution is -2.35. The van der Waals surface area contributed by atoms with E-state index in [1.54, 1.807) is 7.05 Å². The molecule has 0 aromatic heterocycles. The molecule has 0 bridgehead atoms. The summed E-state index contributed by atoms with van der Waals surface area (Å²) in [5, 5.41) is 2.61. The molecule has 1 rings (SSSR count). The molecule has 0 aliphatic carbocycles. The van der Waals surface area contributed by atoms with E-state index in [-0.39, 0.29) is 12.5 Å². The highest BCUT2D eigenvalue weighted by Gasteiger charge is 2.14. The zero-order valence-electron chi connectivity index (χ0n) is 11.2. The molecular weight excluding hydrogens is 230 g/mol. The quantitative estimate of drug-likeness (QED) is 0.746. The molecule has 100 valence electrons. The molecule has 3 N–H and O–H groups in total. The maximum Gasteiger partial charge on any atom is 0.239 e. The second-order valence-electron chi connectivity index (χ2n) is 3.81. The molecule has 0 fully saturated rings. The van der Waals surface area contributed by atoms with Crippen LogP contribution in [0.2, 0.25) is 0 Å². The second kappa shape index (κ2) is 6.74. The van der Waals surface area contributed by atoms with Gasteiger partial charge < -0.3 is 20.7 Å². The number of para-hydroxylation sites is 1. The molecule has 1 amide bonds. The van der Waals surface area contributed by atoms with Gasteiger partial charge in [-0.25, -0.2) is 0 Å². The van der Waals surface area contributed by atoms with Crippen LogP contribution in [0.3, 0.4) is 0 Å². The number of nitrogens with two attached hydrogens (primary N) is 1. The standard InChI is InChI=1S/C13H21N3O2/c1-4-16(9-12(17)15-3)10-7-6-8-11(13(10)14)18-5-2/h6-8H,4-5,9,14H2,1-3H3,(H,15,17). The van der Waals surface area contributed by atoms with Gasteiger partial charge in [0, 0.05) is 13.6 Å². The Hall–Kier alpha value is -1.91. The van der Waals surface area contributed by atoms with Gasteiger partial charge in [0.1, 0.15) is 5.75 Å². The number of nitrogen functional groups attached to an aromatic ring is 1. The molecule has 0 radical (unpaired) electrons. The zero-order valence-corrected chi connectivity index (χ0v) is 11.2. The highest BCUT2D eigenvalue weighted by atomic mass is 16.5. The van der Waals surface area contributed by atoms with Crippen LogP contribution in [0.15, 0.2) is 18.2 Å². The predicted octanol–water partition coefficient (Wildman–Crippen LogP) is 1.24. The van der Waals surface area contributed by atoms with E-state index in [1.807, 2.05) is 36.9 Å². The molecule has 5 heteroatoms. The fourth-order valence-corrected chi connectivity index (χ4v) is 1.71. The van der Waals surface area contributed by atoms with Crippen LogP contribution in [-0.4, -0.2) is 32.7 Å². The largest absolute Gasteiger partial charge is 0.492 e. The number of rotatable bonds is 6. The van der Waals surface area contributed by atoms with Gasteiger partial charge >= 0.3 is 0 Å². The fourth-order valence-electron chi connectivity index (χ4n) is 1.71. The first-order valence-corrected chi connectivity index (χ1v) is 6.10. The van der Waals surface area contributed by atoms with Crippen LogP contribution in [0.1, 0.15) is 13.8 Å². The smallest absolute Gasteiger partial charge is 0.239 e. The second-order valence-corrected chi connectivity index (χ2v) is 3.81. The maximum absolute atomic E-state index is 11.5. The van der Waals surface area contributed by atoms with E-state index in [0.717, 1.165) is 5.69 Å². The highest BCUT2D eigenvalue weighted by molar-refractivity contribution is 5.84. The Labute approximate surface area is 108 Å². The van der Waals surface area contributed by atoms with Crippen molar-refractivity contribution in [3.8, 4) is 5.75 Å². The molecule has 0 unspecified atom stereocenters. The molecule has 18 heavy (non-hydrogen) atoms. The van der Waals surface area contributed by atoms with Crippen molar-refractivity contribution in [2.24, 2.45) is 0 Å².